The highest BCUT2D eigenvalue weighted by Gasteiger charge is 2.10. The van der Waals surface area contributed by atoms with Gasteiger partial charge in [0.05, 0.1) is 5.56 Å². The summed E-state index contributed by atoms with van der Waals surface area (Å²) in [5, 5.41) is 16.9. The monoisotopic (exact) mass is 323 g/mol. The average molecular weight is 324 g/mol. The summed E-state index contributed by atoms with van der Waals surface area (Å²) in [5.74, 6) is 0.395. The molecule has 0 aliphatic carbocycles. The van der Waals surface area contributed by atoms with Crippen LogP contribution in [-0.2, 0) is 13.1 Å². The Kier molecular flexibility index (Phi) is 6.43. The van der Waals surface area contributed by atoms with Gasteiger partial charge in [-0.25, -0.2) is 4.79 Å². The number of nitrogens with one attached hydrogen (secondary N) is 1. The summed E-state index contributed by atoms with van der Waals surface area (Å²) >= 11 is 0. The largest absolute Gasteiger partial charge is 0.478 e. The van der Waals surface area contributed by atoms with Crippen molar-refractivity contribution < 1.29 is 9.90 Å². The zero-order chi connectivity index (χ0) is 15.4. The van der Waals surface area contributed by atoms with Crippen molar-refractivity contribution >= 4 is 24.2 Å². The van der Waals surface area contributed by atoms with Crippen molar-refractivity contribution in [1.29, 1.82) is 0 Å². The van der Waals surface area contributed by atoms with E-state index in [4.69, 9.17) is 5.11 Å². The Morgan fingerprint density at radius 3 is 2.68 bits per heavy atom. The van der Waals surface area contributed by atoms with Gasteiger partial charge < -0.3 is 10.4 Å². The number of aryl methyl sites for hydroxylation is 1. The molecular formula is C16H22ClN3O2. The lowest BCUT2D eigenvalue weighted by atomic mass is 10.1. The maximum absolute atomic E-state index is 11.2. The number of aromatic nitrogens is 2. The lowest BCUT2D eigenvalue weighted by Crippen LogP contribution is -2.09. The average Bonchev–Trinajstić information content (AvgIpc) is 2.76. The van der Waals surface area contributed by atoms with Gasteiger partial charge in [-0.2, -0.15) is 5.10 Å². The number of halogens is 1. The molecule has 0 amide bonds. The molecule has 6 heteroatoms. The smallest absolute Gasteiger partial charge is 0.336 e. The zero-order valence-electron chi connectivity index (χ0n) is 13.0. The number of anilines is 1. The number of hydrogen-bond donors (Lipinski definition) is 2. The Hall–Kier alpha value is -2.01. The van der Waals surface area contributed by atoms with Crippen LogP contribution in [-0.4, -0.2) is 20.9 Å². The molecule has 0 saturated heterocycles. The number of benzene rings is 1. The van der Waals surface area contributed by atoms with Crippen LogP contribution in [0.4, 0.5) is 5.82 Å². The first-order valence-corrected chi connectivity index (χ1v) is 7.07. The van der Waals surface area contributed by atoms with Crippen LogP contribution in [0.1, 0.15) is 35.5 Å². The van der Waals surface area contributed by atoms with E-state index in [1.54, 1.807) is 12.1 Å². The van der Waals surface area contributed by atoms with Crippen LogP contribution in [0, 0.1) is 12.8 Å². The molecule has 0 bridgehead atoms. The van der Waals surface area contributed by atoms with E-state index < -0.39 is 5.97 Å². The summed E-state index contributed by atoms with van der Waals surface area (Å²) in [7, 11) is 0. The maximum Gasteiger partial charge on any atom is 0.336 e. The molecule has 0 atom stereocenters. The predicted octanol–water partition coefficient (Wildman–Crippen LogP) is 3.58. The third kappa shape index (κ3) is 4.49. The zero-order valence-corrected chi connectivity index (χ0v) is 13.9. The highest BCUT2D eigenvalue weighted by molar-refractivity contribution is 5.89. The van der Waals surface area contributed by atoms with Gasteiger partial charge in [-0.05, 0) is 24.5 Å². The Labute approximate surface area is 136 Å². The molecule has 0 spiro atoms. The molecule has 0 fully saturated rings. The van der Waals surface area contributed by atoms with Crippen LogP contribution in [0.25, 0.3) is 0 Å². The molecular weight excluding hydrogens is 302 g/mol. The van der Waals surface area contributed by atoms with Crippen LogP contribution in [0.15, 0.2) is 30.3 Å². The third-order valence-electron chi connectivity index (χ3n) is 3.23. The molecule has 1 aromatic carbocycles. The second-order valence-corrected chi connectivity index (χ2v) is 5.56. The number of aromatic carboxylic acids is 1. The van der Waals surface area contributed by atoms with Crippen LogP contribution in [0.3, 0.4) is 0 Å². The molecule has 0 saturated carbocycles. The number of carboxylic acid groups (broad SMARTS) is 1. The van der Waals surface area contributed by atoms with Gasteiger partial charge in [0.25, 0.3) is 0 Å². The fraction of sp³-hybridized carbons (Fsp3) is 0.375. The summed E-state index contributed by atoms with van der Waals surface area (Å²) in [4.78, 5) is 11.2. The van der Waals surface area contributed by atoms with Gasteiger partial charge in [-0.1, -0.05) is 32.0 Å². The molecule has 0 radical (unpaired) electrons. The molecule has 0 aliphatic heterocycles. The molecule has 0 unspecified atom stereocenters. The van der Waals surface area contributed by atoms with E-state index in [0.29, 0.717) is 18.0 Å². The number of rotatable bonds is 6. The molecule has 2 aromatic rings. The molecule has 1 aromatic heterocycles. The van der Waals surface area contributed by atoms with Crippen molar-refractivity contribution in [2.24, 2.45) is 5.92 Å². The van der Waals surface area contributed by atoms with E-state index in [0.717, 1.165) is 23.6 Å². The van der Waals surface area contributed by atoms with Gasteiger partial charge in [-0.15, -0.1) is 12.4 Å². The normalized spacial score (nSPS) is 10.4. The number of hydrogen-bond acceptors (Lipinski definition) is 3. The molecule has 1 heterocycles. The van der Waals surface area contributed by atoms with Gasteiger partial charge in [0.2, 0.25) is 0 Å². The second kappa shape index (κ2) is 7.84. The number of carboxylic acids is 1. The Morgan fingerprint density at radius 2 is 2.05 bits per heavy atom. The van der Waals surface area contributed by atoms with E-state index in [2.05, 4.69) is 24.3 Å². The fourth-order valence-corrected chi connectivity index (χ4v) is 2.20. The van der Waals surface area contributed by atoms with Crippen LogP contribution in [0.5, 0.6) is 0 Å². The van der Waals surface area contributed by atoms with E-state index in [9.17, 15) is 4.79 Å². The van der Waals surface area contributed by atoms with E-state index >= 15 is 0 Å². The summed E-state index contributed by atoms with van der Waals surface area (Å²) in [6, 6.07) is 8.97. The van der Waals surface area contributed by atoms with Gasteiger partial charge in [-0.3, -0.25) is 4.68 Å². The highest BCUT2D eigenvalue weighted by atomic mass is 35.5. The number of nitrogens with zero attached hydrogens (tertiary/aromatic N) is 2. The van der Waals surface area contributed by atoms with Crippen molar-refractivity contribution in [1.82, 2.24) is 9.78 Å². The SMILES string of the molecule is Cc1cc(NCc2ccccc2C(=O)O)nn1CC(C)C.Cl. The first-order chi connectivity index (χ1) is 9.97. The third-order valence-corrected chi connectivity index (χ3v) is 3.23. The Morgan fingerprint density at radius 1 is 1.36 bits per heavy atom. The minimum atomic E-state index is -0.908. The van der Waals surface area contributed by atoms with Crippen molar-refractivity contribution in [3.05, 3.63) is 47.2 Å². The Balaban J connectivity index is 0.00000242. The van der Waals surface area contributed by atoms with Crippen molar-refractivity contribution in [3.63, 3.8) is 0 Å². The van der Waals surface area contributed by atoms with Gasteiger partial charge in [0, 0.05) is 24.8 Å². The minimum absolute atomic E-state index is 0. The minimum Gasteiger partial charge on any atom is -0.478 e. The van der Waals surface area contributed by atoms with Crippen molar-refractivity contribution in [2.75, 3.05) is 5.32 Å². The molecule has 22 heavy (non-hydrogen) atoms. The van der Waals surface area contributed by atoms with E-state index in [-0.39, 0.29) is 12.4 Å². The lowest BCUT2D eigenvalue weighted by Gasteiger charge is -2.08. The molecule has 120 valence electrons. The quantitative estimate of drug-likeness (QED) is 0.852. The lowest BCUT2D eigenvalue weighted by molar-refractivity contribution is 0.0696. The summed E-state index contributed by atoms with van der Waals surface area (Å²) in [6.07, 6.45) is 0. The highest BCUT2D eigenvalue weighted by Crippen LogP contribution is 2.14. The van der Waals surface area contributed by atoms with Crippen molar-refractivity contribution in [2.45, 2.75) is 33.9 Å². The summed E-state index contributed by atoms with van der Waals surface area (Å²) in [5.41, 5.74) is 2.17. The molecule has 0 aliphatic rings. The van der Waals surface area contributed by atoms with Crippen LogP contribution in [0.2, 0.25) is 0 Å². The van der Waals surface area contributed by atoms with E-state index in [1.807, 2.05) is 29.8 Å². The van der Waals surface area contributed by atoms with Gasteiger partial charge >= 0.3 is 5.97 Å². The van der Waals surface area contributed by atoms with E-state index in [1.165, 1.54) is 0 Å². The first-order valence-electron chi connectivity index (χ1n) is 7.07. The van der Waals surface area contributed by atoms with Gasteiger partial charge in [0.1, 0.15) is 5.82 Å². The van der Waals surface area contributed by atoms with Crippen LogP contribution < -0.4 is 5.32 Å². The molecule has 5 nitrogen and oxygen atoms in total. The summed E-state index contributed by atoms with van der Waals surface area (Å²) in [6.45, 7) is 7.64. The number of carbonyl (C=O) groups is 1. The van der Waals surface area contributed by atoms with Gasteiger partial charge in [0.15, 0.2) is 0 Å². The molecule has 2 N–H and O–H groups in total. The van der Waals surface area contributed by atoms with Crippen LogP contribution >= 0.6 is 12.4 Å². The first kappa shape index (κ1) is 18.0. The van der Waals surface area contributed by atoms with Crippen molar-refractivity contribution in [3.8, 4) is 0 Å². The topological polar surface area (TPSA) is 67.2 Å². The summed E-state index contributed by atoms with van der Waals surface area (Å²) < 4.78 is 1.97. The fourth-order valence-electron chi connectivity index (χ4n) is 2.20. The maximum atomic E-state index is 11.2. The predicted molar refractivity (Wildman–Crippen MR) is 89.8 cm³/mol. The molecule has 2 rings (SSSR count). The second-order valence-electron chi connectivity index (χ2n) is 5.56. The standard InChI is InChI=1S/C16H21N3O2.ClH/c1-11(2)10-19-12(3)8-15(18-19)17-9-13-6-4-5-7-14(13)16(20)21;/h4-8,11H,9-10H2,1-3H3,(H,17,18)(H,20,21);1H. The Bertz CT molecular complexity index is 638.